The largest absolute Gasteiger partial charge is 0.490 e. The summed E-state index contributed by atoms with van der Waals surface area (Å²) in [6.45, 7) is 8.99. The van der Waals surface area contributed by atoms with Crippen LogP contribution in [0.3, 0.4) is 0 Å². The number of benzene rings is 2. The van der Waals surface area contributed by atoms with Crippen molar-refractivity contribution < 1.29 is 23.8 Å². The number of rotatable bonds is 12. The van der Waals surface area contributed by atoms with E-state index in [1.54, 1.807) is 28.6 Å². The molecule has 1 aliphatic heterocycles. The number of nitrogens with zero attached hydrogens (tertiary/aromatic N) is 4. The molecule has 0 saturated carbocycles. The van der Waals surface area contributed by atoms with Crippen molar-refractivity contribution in [2.75, 3.05) is 38.7 Å². The third-order valence-corrected chi connectivity index (χ3v) is 7.86. The van der Waals surface area contributed by atoms with Crippen molar-refractivity contribution in [3.63, 3.8) is 0 Å². The van der Waals surface area contributed by atoms with E-state index in [1.807, 2.05) is 51.1 Å². The van der Waals surface area contributed by atoms with Gasteiger partial charge in [0.05, 0.1) is 19.3 Å². The number of ether oxygens (including phenoxy) is 3. The molecule has 4 rings (SSSR count). The van der Waals surface area contributed by atoms with Gasteiger partial charge >= 0.3 is 5.97 Å². The average molecular weight is 600 g/mol. The van der Waals surface area contributed by atoms with Gasteiger partial charge in [0.25, 0.3) is 5.91 Å². The highest BCUT2D eigenvalue weighted by molar-refractivity contribution is 7.98. The van der Waals surface area contributed by atoms with Gasteiger partial charge < -0.3 is 24.4 Å². The summed E-state index contributed by atoms with van der Waals surface area (Å²) in [5.41, 5.74) is 2.68. The molecule has 0 bridgehead atoms. The lowest BCUT2D eigenvalue weighted by molar-refractivity contribution is -0.136. The molecule has 0 radical (unpaired) electrons. The van der Waals surface area contributed by atoms with Crippen molar-refractivity contribution in [3.05, 3.63) is 69.9 Å². The summed E-state index contributed by atoms with van der Waals surface area (Å²) < 4.78 is 18.6. The number of carbonyl (C=O) groups excluding carboxylic acids is 2. The van der Waals surface area contributed by atoms with Gasteiger partial charge in [-0.3, -0.25) is 4.79 Å². The number of aromatic nitrogens is 3. The molecule has 1 aliphatic rings. The fourth-order valence-electron chi connectivity index (χ4n) is 4.52. The van der Waals surface area contributed by atoms with E-state index < -0.39 is 12.0 Å². The van der Waals surface area contributed by atoms with E-state index in [9.17, 15) is 9.59 Å². The Morgan fingerprint density at radius 2 is 1.85 bits per heavy atom. The molecule has 2 aromatic carbocycles. The maximum atomic E-state index is 13.0. The Morgan fingerprint density at radius 3 is 2.54 bits per heavy atom. The number of allylic oxidation sites excluding steroid dienone is 1. The number of likely N-dealkylation sites (N-methyl/N-ethyl adjacent to an activating group) is 1. The molecule has 10 nitrogen and oxygen atoms in total. The number of methoxy groups -OCH3 is 1. The molecule has 1 atom stereocenters. The number of fused-ring (bicyclic) bond motifs is 1. The van der Waals surface area contributed by atoms with Crippen LogP contribution in [-0.4, -0.2) is 65.0 Å². The molecule has 0 aliphatic carbocycles. The van der Waals surface area contributed by atoms with Crippen LogP contribution in [0, 0.1) is 0 Å². The first-order chi connectivity index (χ1) is 19.8. The normalized spacial score (nSPS) is 14.2. The molecule has 0 saturated heterocycles. The Hall–Kier alpha value is -3.70. The highest BCUT2D eigenvalue weighted by Crippen LogP contribution is 2.40. The topological polar surface area (TPSA) is 108 Å². The fourth-order valence-corrected chi connectivity index (χ4v) is 5.64. The number of thioether (sulfide) groups is 1. The maximum Gasteiger partial charge on any atom is 0.338 e. The molecule has 2 heterocycles. The summed E-state index contributed by atoms with van der Waals surface area (Å²) in [6, 6.07) is 12.4. The minimum atomic E-state index is -0.647. The molecular formula is C29H34ClN5O5S. The number of carbonyl (C=O) groups is 2. The third kappa shape index (κ3) is 6.79. The molecule has 1 aromatic heterocycles. The summed E-state index contributed by atoms with van der Waals surface area (Å²) in [6.07, 6.45) is 0. The number of amides is 1. The van der Waals surface area contributed by atoms with Gasteiger partial charge in [-0.25, -0.2) is 9.48 Å². The van der Waals surface area contributed by atoms with Crippen molar-refractivity contribution in [3.8, 4) is 11.5 Å². The molecule has 0 fully saturated rings. The Morgan fingerprint density at radius 1 is 1.10 bits per heavy atom. The second-order valence-electron chi connectivity index (χ2n) is 9.09. The minimum Gasteiger partial charge on any atom is -0.490 e. The molecule has 12 heteroatoms. The van der Waals surface area contributed by atoms with Crippen LogP contribution in [0.15, 0.2) is 58.9 Å². The zero-order chi connectivity index (χ0) is 29.5. The van der Waals surface area contributed by atoms with Crippen LogP contribution in [-0.2, 0) is 20.1 Å². The lowest BCUT2D eigenvalue weighted by atomic mass is 9.95. The number of esters is 1. The molecule has 3 aromatic rings. The van der Waals surface area contributed by atoms with Gasteiger partial charge in [0.2, 0.25) is 11.1 Å². The highest BCUT2D eigenvalue weighted by atomic mass is 35.5. The van der Waals surface area contributed by atoms with Gasteiger partial charge in [0.1, 0.15) is 6.04 Å². The first-order valence-electron chi connectivity index (χ1n) is 13.4. The summed E-state index contributed by atoms with van der Waals surface area (Å²) >= 11 is 7.78. The Bertz CT molecular complexity index is 1440. The number of halogens is 1. The third-order valence-electron chi connectivity index (χ3n) is 6.60. The minimum absolute atomic E-state index is 0.111. The van der Waals surface area contributed by atoms with E-state index in [2.05, 4.69) is 10.3 Å². The standard InChI is InChI=1S/C29H34ClN5O5S/c1-6-34(7-2)24(36)16-40-22-14-13-19(15-23(22)39-8-3)26-25(27(37)38-5)18(4)31-28-32-29(33-35(26)28)41-17-20-11-9-10-12-21(20)30/h9-15,26H,6-8,16-17H2,1-5H3,(H,31,32,33). The molecule has 1 amide bonds. The smallest absolute Gasteiger partial charge is 0.338 e. The molecule has 1 unspecified atom stereocenters. The van der Waals surface area contributed by atoms with Crippen LogP contribution in [0.5, 0.6) is 11.5 Å². The van der Waals surface area contributed by atoms with Gasteiger partial charge in [0, 0.05) is 29.6 Å². The summed E-state index contributed by atoms with van der Waals surface area (Å²) in [5.74, 6) is 1.35. The van der Waals surface area contributed by atoms with Crippen LogP contribution in [0.25, 0.3) is 0 Å². The van der Waals surface area contributed by atoms with E-state index in [0.29, 0.717) is 69.9 Å². The van der Waals surface area contributed by atoms with Gasteiger partial charge in [-0.2, -0.15) is 4.98 Å². The van der Waals surface area contributed by atoms with Crippen molar-refractivity contribution >= 4 is 41.2 Å². The van der Waals surface area contributed by atoms with Gasteiger partial charge in [0.15, 0.2) is 18.1 Å². The second kappa shape index (κ2) is 13.8. The molecule has 1 N–H and O–H groups in total. The number of anilines is 1. The average Bonchev–Trinajstić information content (AvgIpc) is 3.38. The summed E-state index contributed by atoms with van der Waals surface area (Å²) in [5, 5.41) is 9.14. The van der Waals surface area contributed by atoms with Gasteiger partial charge in [-0.05, 0) is 57.0 Å². The Kier molecular flexibility index (Phi) is 10.2. The zero-order valence-corrected chi connectivity index (χ0v) is 25.3. The SMILES string of the molecule is CCOc1cc(C2C(C(=O)OC)=C(C)Nc3nc(SCc4ccccc4Cl)nn32)ccc1OCC(=O)N(CC)CC. The Balaban J connectivity index is 1.68. The quantitative estimate of drug-likeness (QED) is 0.218. The van der Waals surface area contributed by atoms with Crippen molar-refractivity contribution in [1.29, 1.82) is 0 Å². The predicted octanol–water partition coefficient (Wildman–Crippen LogP) is 5.33. The maximum absolute atomic E-state index is 13.0. The molecule has 41 heavy (non-hydrogen) atoms. The highest BCUT2D eigenvalue weighted by Gasteiger charge is 2.35. The zero-order valence-electron chi connectivity index (χ0n) is 23.8. The lowest BCUT2D eigenvalue weighted by Gasteiger charge is -2.28. The molecule has 218 valence electrons. The fraction of sp³-hybridized carbons (Fsp3) is 0.379. The van der Waals surface area contributed by atoms with Crippen LogP contribution < -0.4 is 14.8 Å². The first kappa shape index (κ1) is 30.3. The van der Waals surface area contributed by atoms with Crippen LogP contribution >= 0.6 is 23.4 Å². The van der Waals surface area contributed by atoms with E-state index in [-0.39, 0.29) is 12.5 Å². The van der Waals surface area contributed by atoms with E-state index >= 15 is 0 Å². The lowest BCUT2D eigenvalue weighted by Crippen LogP contribution is -2.34. The van der Waals surface area contributed by atoms with Crippen molar-refractivity contribution in [2.24, 2.45) is 0 Å². The van der Waals surface area contributed by atoms with Gasteiger partial charge in [-0.15, -0.1) is 5.10 Å². The summed E-state index contributed by atoms with van der Waals surface area (Å²) in [7, 11) is 1.34. The van der Waals surface area contributed by atoms with E-state index in [1.165, 1.54) is 18.9 Å². The van der Waals surface area contributed by atoms with Crippen molar-refractivity contribution in [1.82, 2.24) is 19.7 Å². The number of nitrogens with one attached hydrogen (secondary N) is 1. The second-order valence-corrected chi connectivity index (χ2v) is 10.4. The van der Waals surface area contributed by atoms with E-state index in [0.717, 1.165) is 5.56 Å². The predicted molar refractivity (Wildman–Crippen MR) is 159 cm³/mol. The van der Waals surface area contributed by atoms with Crippen LogP contribution in [0.1, 0.15) is 44.9 Å². The monoisotopic (exact) mass is 599 g/mol. The van der Waals surface area contributed by atoms with Gasteiger partial charge in [-0.1, -0.05) is 47.6 Å². The first-order valence-corrected chi connectivity index (χ1v) is 14.7. The number of hydrogen-bond acceptors (Lipinski definition) is 9. The molecular weight excluding hydrogens is 566 g/mol. The number of hydrogen-bond donors (Lipinski definition) is 1. The summed E-state index contributed by atoms with van der Waals surface area (Å²) in [4.78, 5) is 31.9. The van der Waals surface area contributed by atoms with Crippen molar-refractivity contribution in [2.45, 2.75) is 44.6 Å². The van der Waals surface area contributed by atoms with Crippen LogP contribution in [0.4, 0.5) is 5.95 Å². The van der Waals surface area contributed by atoms with E-state index in [4.69, 9.17) is 30.9 Å². The Labute approximate surface area is 249 Å². The van der Waals surface area contributed by atoms with Crippen LogP contribution in [0.2, 0.25) is 5.02 Å². The molecule has 0 spiro atoms.